The fourth-order valence-corrected chi connectivity index (χ4v) is 6.05. The van der Waals surface area contributed by atoms with Crippen LogP contribution in [0.2, 0.25) is 0 Å². The fraction of sp³-hybridized carbons (Fsp3) is 0.433. The van der Waals surface area contributed by atoms with Gasteiger partial charge >= 0.3 is 0 Å². The van der Waals surface area contributed by atoms with Crippen LogP contribution in [0.5, 0.6) is 5.75 Å². The SMILES string of the molecule is Cc1nc(-c2cn([C@H]3C[C@H](COc4ccc5c(c4)CN(C4CCC(=O)NC4=O)C5=O)C3)nc2C2CC2)ccc1F. The van der Waals surface area contributed by atoms with Crippen LogP contribution in [0.25, 0.3) is 11.3 Å². The first kappa shape index (κ1) is 24.9. The first-order valence-electron chi connectivity index (χ1n) is 14.0. The van der Waals surface area contributed by atoms with Crippen molar-refractivity contribution in [3.63, 3.8) is 0 Å². The van der Waals surface area contributed by atoms with Crippen molar-refractivity contribution in [1.29, 1.82) is 0 Å². The Morgan fingerprint density at radius 3 is 2.65 bits per heavy atom. The molecule has 3 aromatic rings. The number of rotatable bonds is 7. The van der Waals surface area contributed by atoms with Gasteiger partial charge in [0.15, 0.2) is 0 Å². The zero-order chi connectivity index (χ0) is 27.5. The van der Waals surface area contributed by atoms with Gasteiger partial charge in [-0.15, -0.1) is 0 Å². The number of carbonyl (C=O) groups excluding carboxylic acids is 3. The molecular formula is C30H30FN5O4. The summed E-state index contributed by atoms with van der Waals surface area (Å²) in [6.45, 7) is 2.59. The van der Waals surface area contributed by atoms with Crippen LogP contribution in [0.3, 0.4) is 0 Å². The Kier molecular flexibility index (Phi) is 5.94. The highest BCUT2D eigenvalue weighted by molar-refractivity contribution is 6.05. The number of aromatic nitrogens is 3. The number of pyridine rings is 1. The van der Waals surface area contributed by atoms with Crippen molar-refractivity contribution in [3.8, 4) is 17.0 Å². The summed E-state index contributed by atoms with van der Waals surface area (Å²) < 4.78 is 22.0. The van der Waals surface area contributed by atoms with Gasteiger partial charge in [-0.1, -0.05) is 0 Å². The second-order valence-corrected chi connectivity index (χ2v) is 11.5. The number of hydrogen-bond acceptors (Lipinski definition) is 6. The maximum atomic E-state index is 13.8. The third-order valence-corrected chi connectivity index (χ3v) is 8.59. The predicted molar refractivity (Wildman–Crippen MR) is 142 cm³/mol. The van der Waals surface area contributed by atoms with E-state index in [4.69, 9.17) is 9.84 Å². The number of benzene rings is 1. The van der Waals surface area contributed by atoms with Gasteiger partial charge in [0.25, 0.3) is 5.91 Å². The van der Waals surface area contributed by atoms with Gasteiger partial charge in [0.05, 0.1) is 29.7 Å². The monoisotopic (exact) mass is 543 g/mol. The minimum atomic E-state index is -0.625. The standard InChI is InChI=1S/C30H30FN5O4/c1-16-24(31)6-7-25(32-16)23-14-36(34-28(23)18-2-3-18)20-10-17(11-20)15-40-21-4-5-22-19(12-21)13-35(30(22)39)26-8-9-27(37)33-29(26)38/h4-7,12,14,17-18,20,26H,2-3,8-11,13,15H2,1H3,(H,33,37,38)/t17-,20-,26?. The second-order valence-electron chi connectivity index (χ2n) is 11.5. The summed E-state index contributed by atoms with van der Waals surface area (Å²) >= 11 is 0. The summed E-state index contributed by atoms with van der Waals surface area (Å²) in [5.74, 6) is 0.362. The molecule has 1 unspecified atom stereocenters. The number of halogens is 1. The molecule has 0 radical (unpaired) electrons. The highest BCUT2D eigenvalue weighted by atomic mass is 19.1. The molecule has 10 heteroatoms. The van der Waals surface area contributed by atoms with Crippen molar-refractivity contribution in [2.45, 2.75) is 70.0 Å². The average molecular weight is 544 g/mol. The number of carbonyl (C=O) groups is 3. The molecule has 3 fully saturated rings. The van der Waals surface area contributed by atoms with Gasteiger partial charge in [-0.2, -0.15) is 5.10 Å². The Balaban J connectivity index is 0.971. The molecule has 2 aromatic heterocycles. The lowest BCUT2D eigenvalue weighted by Gasteiger charge is -2.35. The molecule has 1 saturated heterocycles. The van der Waals surface area contributed by atoms with E-state index < -0.39 is 11.9 Å². The number of fused-ring (bicyclic) bond motifs is 1. The fourth-order valence-electron chi connectivity index (χ4n) is 6.05. The third-order valence-electron chi connectivity index (χ3n) is 8.59. The van der Waals surface area contributed by atoms with Crippen LogP contribution >= 0.6 is 0 Å². The van der Waals surface area contributed by atoms with Crippen molar-refractivity contribution in [2.24, 2.45) is 5.92 Å². The van der Waals surface area contributed by atoms with Gasteiger partial charge < -0.3 is 9.64 Å². The largest absolute Gasteiger partial charge is 0.493 e. The molecule has 1 aromatic carbocycles. The number of imide groups is 1. The van der Waals surface area contributed by atoms with Crippen LogP contribution < -0.4 is 10.1 Å². The van der Waals surface area contributed by atoms with Crippen molar-refractivity contribution < 1.29 is 23.5 Å². The lowest BCUT2D eigenvalue weighted by Crippen LogP contribution is -2.52. The molecular weight excluding hydrogens is 513 g/mol. The molecule has 206 valence electrons. The van der Waals surface area contributed by atoms with E-state index in [1.165, 1.54) is 6.07 Å². The van der Waals surface area contributed by atoms with Crippen molar-refractivity contribution in [2.75, 3.05) is 6.61 Å². The van der Waals surface area contributed by atoms with Gasteiger partial charge in [-0.25, -0.2) is 9.37 Å². The number of ether oxygens (including phenoxy) is 1. The summed E-state index contributed by atoms with van der Waals surface area (Å²) in [6, 6.07) is 8.33. The molecule has 3 amide bonds. The van der Waals surface area contributed by atoms with Crippen LogP contribution in [0.15, 0.2) is 36.5 Å². The van der Waals surface area contributed by atoms with Crippen LogP contribution in [0.1, 0.15) is 77.8 Å². The van der Waals surface area contributed by atoms with E-state index in [1.807, 2.05) is 6.07 Å². The average Bonchev–Trinajstić information content (AvgIpc) is 3.58. The molecule has 4 heterocycles. The molecule has 0 bridgehead atoms. The molecule has 7 rings (SSSR count). The highest BCUT2D eigenvalue weighted by Crippen LogP contribution is 2.45. The second kappa shape index (κ2) is 9.53. The zero-order valence-corrected chi connectivity index (χ0v) is 22.2. The lowest BCUT2D eigenvalue weighted by atomic mass is 9.81. The molecule has 40 heavy (non-hydrogen) atoms. The van der Waals surface area contributed by atoms with Gasteiger partial charge in [0.2, 0.25) is 11.8 Å². The predicted octanol–water partition coefficient (Wildman–Crippen LogP) is 4.06. The van der Waals surface area contributed by atoms with Crippen molar-refractivity contribution in [1.82, 2.24) is 25.0 Å². The first-order valence-corrected chi connectivity index (χ1v) is 14.0. The Hall–Kier alpha value is -4.08. The van der Waals surface area contributed by atoms with Crippen LogP contribution in [-0.4, -0.2) is 50.0 Å². The van der Waals surface area contributed by atoms with E-state index in [9.17, 15) is 18.8 Å². The number of piperidine rings is 1. The summed E-state index contributed by atoms with van der Waals surface area (Å²) in [6.07, 6.45) is 6.81. The Labute approximate surface area is 230 Å². The summed E-state index contributed by atoms with van der Waals surface area (Å²) in [7, 11) is 0. The third kappa shape index (κ3) is 4.45. The molecule has 9 nitrogen and oxygen atoms in total. The van der Waals surface area contributed by atoms with Crippen LogP contribution in [0.4, 0.5) is 4.39 Å². The van der Waals surface area contributed by atoms with Gasteiger partial charge in [-0.3, -0.25) is 24.4 Å². The number of amides is 3. The molecule has 4 aliphatic rings. The van der Waals surface area contributed by atoms with E-state index >= 15 is 0 Å². The molecule has 2 aliphatic carbocycles. The minimum absolute atomic E-state index is 0.187. The Morgan fingerprint density at radius 1 is 1.07 bits per heavy atom. The highest BCUT2D eigenvalue weighted by Gasteiger charge is 2.39. The quantitative estimate of drug-likeness (QED) is 0.451. The van der Waals surface area contributed by atoms with E-state index in [1.54, 1.807) is 30.0 Å². The number of hydrogen-bond donors (Lipinski definition) is 1. The number of aryl methyl sites for hydroxylation is 1. The molecule has 1 N–H and O–H groups in total. The zero-order valence-electron chi connectivity index (χ0n) is 22.2. The maximum absolute atomic E-state index is 13.8. The molecule has 0 spiro atoms. The van der Waals surface area contributed by atoms with Crippen molar-refractivity contribution in [3.05, 3.63) is 64.9 Å². The van der Waals surface area contributed by atoms with Crippen molar-refractivity contribution >= 4 is 17.7 Å². The topological polar surface area (TPSA) is 106 Å². The van der Waals surface area contributed by atoms with Crippen LogP contribution in [-0.2, 0) is 16.1 Å². The van der Waals surface area contributed by atoms with Gasteiger partial charge in [0.1, 0.15) is 17.6 Å². The maximum Gasteiger partial charge on any atom is 0.255 e. The molecule has 2 aliphatic heterocycles. The van der Waals surface area contributed by atoms with E-state index in [2.05, 4.69) is 21.2 Å². The number of nitrogens with zero attached hydrogens (tertiary/aromatic N) is 4. The lowest BCUT2D eigenvalue weighted by molar-refractivity contribution is -0.136. The minimum Gasteiger partial charge on any atom is -0.493 e. The summed E-state index contributed by atoms with van der Waals surface area (Å²) in [5.41, 5.74) is 4.65. The number of nitrogens with one attached hydrogen (secondary N) is 1. The normalized spacial score (nSPS) is 24.1. The van der Waals surface area contributed by atoms with Gasteiger partial charge in [0, 0.05) is 36.2 Å². The first-order chi connectivity index (χ1) is 19.3. The summed E-state index contributed by atoms with van der Waals surface area (Å²) in [4.78, 5) is 42.7. The Bertz CT molecular complexity index is 1540. The smallest absolute Gasteiger partial charge is 0.255 e. The van der Waals surface area contributed by atoms with Crippen LogP contribution in [0, 0.1) is 18.7 Å². The molecule has 2 saturated carbocycles. The van der Waals surface area contributed by atoms with E-state index in [-0.39, 0.29) is 24.1 Å². The van der Waals surface area contributed by atoms with E-state index in [0.717, 1.165) is 48.2 Å². The Morgan fingerprint density at radius 2 is 1.90 bits per heavy atom. The molecule has 1 atom stereocenters. The summed E-state index contributed by atoms with van der Waals surface area (Å²) in [5, 5.41) is 7.27. The van der Waals surface area contributed by atoms with E-state index in [0.29, 0.717) is 54.5 Å². The van der Waals surface area contributed by atoms with Gasteiger partial charge in [-0.05, 0) is 80.8 Å².